The number of fused-ring (bicyclic) bond motifs is 3. The summed E-state index contributed by atoms with van der Waals surface area (Å²) in [5, 5.41) is 8.29. The van der Waals surface area contributed by atoms with Gasteiger partial charge in [-0.25, -0.2) is 4.20 Å². The van der Waals surface area contributed by atoms with Crippen LogP contribution in [0.3, 0.4) is 0 Å². The number of halogens is 2. The molecule has 0 saturated carbocycles. The van der Waals surface area contributed by atoms with E-state index in [-0.39, 0.29) is 62.8 Å². The van der Waals surface area contributed by atoms with Gasteiger partial charge in [0.15, 0.2) is 8.09 Å². The summed E-state index contributed by atoms with van der Waals surface area (Å²) in [6.45, 7) is 1.02. The number of hydrogen-bond donors (Lipinski definition) is 4. The number of rotatable bonds is 17. The van der Waals surface area contributed by atoms with Crippen LogP contribution in [0, 0.1) is 0 Å². The molecule has 0 aliphatic heterocycles. The summed E-state index contributed by atoms with van der Waals surface area (Å²) in [5.41, 5.74) is 4.68. The second kappa shape index (κ2) is 17.2. The van der Waals surface area contributed by atoms with Crippen molar-refractivity contribution in [2.75, 3.05) is 45.3 Å². The molecule has 2 aromatic carbocycles. The summed E-state index contributed by atoms with van der Waals surface area (Å²) >= 11 is 4.23. The summed E-state index contributed by atoms with van der Waals surface area (Å²) in [4.78, 5) is 37.4. The van der Waals surface area contributed by atoms with Crippen molar-refractivity contribution in [3.05, 3.63) is 53.1 Å². The highest BCUT2D eigenvalue weighted by atomic mass is 32.7. The number of carbonyl (C=O) groups excluding carboxylic acids is 3. The Morgan fingerprint density at radius 2 is 1.85 bits per heavy atom. The van der Waals surface area contributed by atoms with E-state index in [9.17, 15) is 22.8 Å². The van der Waals surface area contributed by atoms with Gasteiger partial charge in [-0.3, -0.25) is 14.4 Å². The lowest BCUT2D eigenvalue weighted by atomic mass is 9.96. The Morgan fingerprint density at radius 1 is 1.07 bits per heavy atom. The van der Waals surface area contributed by atoms with Crippen LogP contribution in [0.4, 0.5) is 14.1 Å². The monoisotopic (exact) mass is 633 g/mol. The molecule has 3 rings (SSSR count). The Morgan fingerprint density at radius 3 is 2.60 bits per heavy atom. The molecule has 0 fully saturated rings. The van der Waals surface area contributed by atoms with E-state index in [4.69, 9.17) is 8.92 Å². The van der Waals surface area contributed by atoms with Crippen molar-refractivity contribution in [2.24, 2.45) is 0 Å². The summed E-state index contributed by atoms with van der Waals surface area (Å²) in [6.07, 6.45) is 0.646. The van der Waals surface area contributed by atoms with E-state index < -0.39 is 15.8 Å². The number of benzene rings is 2. The number of methoxy groups -OCH3 is 1. The molecule has 3 amide bonds. The van der Waals surface area contributed by atoms with Gasteiger partial charge >= 0.3 is 0 Å². The quantitative estimate of drug-likeness (QED) is 0.0767. The standard InChI is InChI=1S/C25H31F2N3O6P2S2/c1-34-15-21-17-4-2-5-19(25(33)29-11-13-36-40-37-26)24(17)18-9-8-16(14-20(18)21)30-23(32)7-3-6-22(31)28-10-12-35-38(27)39/h2,4-5,8-9,14,21,37,39H,3,6-7,10-13,15H2,1H3,(H,28,31)(H,29,33)(H,30,32). The lowest BCUT2D eigenvalue weighted by molar-refractivity contribution is -0.121. The predicted octanol–water partition coefficient (Wildman–Crippen LogP) is 5.69. The number of amides is 3. The van der Waals surface area contributed by atoms with Crippen molar-refractivity contribution < 1.29 is 36.2 Å². The molecule has 0 radical (unpaired) electrons. The van der Waals surface area contributed by atoms with Crippen molar-refractivity contribution in [1.82, 2.24) is 10.6 Å². The van der Waals surface area contributed by atoms with Crippen LogP contribution in [0.2, 0.25) is 0 Å². The van der Waals surface area contributed by atoms with Gasteiger partial charge in [-0.1, -0.05) is 30.4 Å². The summed E-state index contributed by atoms with van der Waals surface area (Å²) in [7, 11) is -1.52. The van der Waals surface area contributed by atoms with Gasteiger partial charge in [0.05, 0.1) is 31.5 Å². The molecular weight excluding hydrogens is 602 g/mol. The lowest BCUT2D eigenvalue weighted by Gasteiger charge is -2.14. The van der Waals surface area contributed by atoms with Crippen LogP contribution >= 0.6 is 39.7 Å². The van der Waals surface area contributed by atoms with Crippen molar-refractivity contribution in [3.8, 4) is 11.1 Å². The normalized spacial score (nSPS) is 14.6. The third-order valence-electron chi connectivity index (χ3n) is 6.02. The van der Waals surface area contributed by atoms with Crippen molar-refractivity contribution in [1.29, 1.82) is 0 Å². The molecule has 0 aromatic heterocycles. The molecule has 9 nitrogen and oxygen atoms in total. The minimum atomic E-state index is -2.25. The Kier molecular flexibility index (Phi) is 14.0. The van der Waals surface area contributed by atoms with E-state index in [1.807, 2.05) is 24.3 Å². The highest BCUT2D eigenvalue weighted by molar-refractivity contribution is 8.45. The second-order valence-electron chi connectivity index (χ2n) is 8.63. The molecule has 1 aliphatic carbocycles. The summed E-state index contributed by atoms with van der Waals surface area (Å²) < 4.78 is 39.9. The molecule has 0 saturated heterocycles. The minimum absolute atomic E-state index is 0.0341. The van der Waals surface area contributed by atoms with Crippen LogP contribution in [-0.4, -0.2) is 57.7 Å². The number of carbonyl (C=O) groups is 3. The molecule has 218 valence electrons. The number of anilines is 1. The van der Waals surface area contributed by atoms with Crippen LogP contribution in [0.25, 0.3) is 11.1 Å². The third kappa shape index (κ3) is 9.62. The zero-order chi connectivity index (χ0) is 28.9. The van der Waals surface area contributed by atoms with Gasteiger partial charge in [0, 0.05) is 50.2 Å². The van der Waals surface area contributed by atoms with Crippen LogP contribution in [0.15, 0.2) is 36.4 Å². The van der Waals surface area contributed by atoms with E-state index >= 15 is 0 Å². The molecule has 2 aromatic rings. The Labute approximate surface area is 244 Å². The highest BCUT2D eigenvalue weighted by Gasteiger charge is 2.32. The molecular formula is C25H31F2N3O6P2S2. The fraction of sp³-hybridized carbons (Fsp3) is 0.400. The molecule has 40 heavy (non-hydrogen) atoms. The molecule has 3 unspecified atom stereocenters. The number of ether oxygens (including phenoxy) is 1. The van der Waals surface area contributed by atoms with E-state index in [0.717, 1.165) is 33.9 Å². The Balaban J connectivity index is 1.63. The van der Waals surface area contributed by atoms with Gasteiger partial charge in [-0.15, -0.1) is 0 Å². The fourth-order valence-corrected chi connectivity index (χ4v) is 5.50. The van der Waals surface area contributed by atoms with Gasteiger partial charge in [-0.2, -0.15) is 4.20 Å². The van der Waals surface area contributed by atoms with Crippen LogP contribution in [0.5, 0.6) is 0 Å². The lowest BCUT2D eigenvalue weighted by Crippen LogP contribution is -2.27. The predicted molar refractivity (Wildman–Crippen MR) is 159 cm³/mol. The zero-order valence-electron chi connectivity index (χ0n) is 21.7. The second-order valence-corrected chi connectivity index (χ2v) is 11.8. The smallest absolute Gasteiger partial charge is 0.281 e. The van der Waals surface area contributed by atoms with Gasteiger partial charge < -0.3 is 29.4 Å². The van der Waals surface area contributed by atoms with E-state index in [1.165, 1.54) is 0 Å². The van der Waals surface area contributed by atoms with Crippen LogP contribution in [0.1, 0.15) is 46.7 Å². The molecule has 15 heteroatoms. The van der Waals surface area contributed by atoms with Gasteiger partial charge in [0.1, 0.15) is 0 Å². The van der Waals surface area contributed by atoms with Gasteiger partial charge in [0.2, 0.25) is 11.8 Å². The molecule has 3 atom stereocenters. The average Bonchev–Trinajstić information content (AvgIpc) is 3.24. The topological polar surface area (TPSA) is 115 Å². The van der Waals surface area contributed by atoms with Crippen molar-refractivity contribution in [2.45, 2.75) is 25.2 Å². The summed E-state index contributed by atoms with van der Waals surface area (Å²) in [6, 6.07) is 11.1. The SMILES string of the molecule is COCC1c2cc(NC(=O)CCCC(=O)NCCOP(F)S)ccc2-c2c(C(=O)NCCOSPF)cccc21. The first-order chi connectivity index (χ1) is 19.3. The van der Waals surface area contributed by atoms with Crippen molar-refractivity contribution in [3.63, 3.8) is 0 Å². The molecule has 0 spiro atoms. The van der Waals surface area contributed by atoms with E-state index in [1.54, 1.807) is 19.2 Å². The fourth-order valence-electron chi connectivity index (χ4n) is 4.42. The van der Waals surface area contributed by atoms with E-state index in [2.05, 4.69) is 32.7 Å². The number of hydrogen-bond acceptors (Lipinski definition) is 8. The van der Waals surface area contributed by atoms with E-state index in [0.29, 0.717) is 24.3 Å². The molecule has 1 aliphatic rings. The Hall–Kier alpha value is -1.85. The largest absolute Gasteiger partial charge is 0.384 e. The first-order valence-corrected chi connectivity index (χ1v) is 17.0. The number of thiol groups is 1. The van der Waals surface area contributed by atoms with Gasteiger partial charge in [0.25, 0.3) is 13.6 Å². The molecule has 0 bridgehead atoms. The average molecular weight is 634 g/mol. The maximum atomic E-state index is 13.0. The van der Waals surface area contributed by atoms with Crippen molar-refractivity contribution >= 4 is 63.1 Å². The van der Waals surface area contributed by atoms with Crippen LogP contribution in [-0.2, 0) is 23.0 Å². The minimum Gasteiger partial charge on any atom is -0.384 e. The first-order valence-electron chi connectivity index (χ1n) is 12.4. The first kappa shape index (κ1) is 32.7. The van der Waals surface area contributed by atoms with Gasteiger partial charge in [-0.05, 0) is 46.9 Å². The Bertz CT molecular complexity index is 1180. The summed E-state index contributed by atoms with van der Waals surface area (Å²) in [5.74, 6) is -0.876. The number of nitrogens with one attached hydrogen (secondary N) is 3. The maximum absolute atomic E-state index is 13.0. The van der Waals surface area contributed by atoms with Crippen LogP contribution < -0.4 is 16.0 Å². The highest BCUT2D eigenvalue weighted by Crippen LogP contribution is 2.47. The molecule has 3 N–H and O–H groups in total. The molecule has 0 heterocycles. The third-order valence-corrected chi connectivity index (χ3v) is 7.65. The zero-order valence-corrected chi connectivity index (χ0v) is 25.3. The maximum Gasteiger partial charge on any atom is 0.281 e.